The lowest BCUT2D eigenvalue weighted by atomic mass is 10.3. The third-order valence-corrected chi connectivity index (χ3v) is 1.63. The monoisotopic (exact) mass is 83.1 g/mol. The van der Waals surface area contributed by atoms with E-state index in [1.54, 1.807) is 0 Å². The second-order valence-electron chi connectivity index (χ2n) is 2.35. The number of hydrogen-bond donors (Lipinski definition) is 1. The van der Waals surface area contributed by atoms with Crippen LogP contribution in [0.3, 0.4) is 0 Å². The minimum absolute atomic E-state index is 0.963. The molecule has 1 nitrogen and oxygen atoms in total. The number of nitrogens with one attached hydrogen (secondary N) is 1. The van der Waals surface area contributed by atoms with Crippen molar-refractivity contribution in [3.05, 3.63) is 0 Å². The van der Waals surface area contributed by atoms with E-state index in [9.17, 15) is 0 Å². The summed E-state index contributed by atoms with van der Waals surface area (Å²) in [6.07, 6.45) is 3.00. The first kappa shape index (κ1) is 3.03. The van der Waals surface area contributed by atoms with Crippen LogP contribution in [0.25, 0.3) is 0 Å². The molecule has 0 aromatic heterocycles. The van der Waals surface area contributed by atoms with E-state index >= 15 is 0 Å². The van der Waals surface area contributed by atoms with Crippen molar-refractivity contribution < 1.29 is 0 Å². The van der Waals surface area contributed by atoms with Crippen molar-refractivity contribution in [2.75, 3.05) is 6.54 Å². The van der Waals surface area contributed by atoms with Crippen molar-refractivity contribution in [1.29, 1.82) is 0 Å². The van der Waals surface area contributed by atoms with E-state index in [-0.39, 0.29) is 0 Å². The standard InChI is InChI=1S/C5H9N/c1-2-4(1)5-3-6-5/h4-6H,1-3H2/t5-/m0/s1. The summed E-state index contributed by atoms with van der Waals surface area (Å²) in [6, 6.07) is 0.963. The minimum atomic E-state index is 0.963. The highest BCUT2D eigenvalue weighted by molar-refractivity contribution is 4.96. The first-order chi connectivity index (χ1) is 2.97. The van der Waals surface area contributed by atoms with Gasteiger partial charge in [0.25, 0.3) is 0 Å². The van der Waals surface area contributed by atoms with E-state index < -0.39 is 0 Å². The van der Waals surface area contributed by atoms with Crippen molar-refractivity contribution >= 4 is 0 Å². The Hall–Kier alpha value is -0.0400. The van der Waals surface area contributed by atoms with Crippen LogP contribution >= 0.6 is 0 Å². The summed E-state index contributed by atoms with van der Waals surface area (Å²) in [4.78, 5) is 0. The molecular formula is C5H9N. The van der Waals surface area contributed by atoms with Crippen LogP contribution in [0, 0.1) is 5.92 Å². The molecule has 2 fully saturated rings. The van der Waals surface area contributed by atoms with Gasteiger partial charge in [-0.25, -0.2) is 0 Å². The Morgan fingerprint density at radius 3 is 2.17 bits per heavy atom. The second kappa shape index (κ2) is 0.784. The average molecular weight is 83.1 g/mol. The topological polar surface area (TPSA) is 21.9 Å². The molecule has 0 radical (unpaired) electrons. The molecule has 1 aliphatic carbocycles. The van der Waals surface area contributed by atoms with Gasteiger partial charge in [0.2, 0.25) is 0 Å². The zero-order valence-electron chi connectivity index (χ0n) is 3.78. The summed E-state index contributed by atoms with van der Waals surface area (Å²) in [5, 5.41) is 3.30. The molecule has 0 unspecified atom stereocenters. The molecule has 1 aliphatic heterocycles. The zero-order chi connectivity index (χ0) is 3.98. The van der Waals surface area contributed by atoms with E-state index in [0.29, 0.717) is 0 Å². The summed E-state index contributed by atoms with van der Waals surface area (Å²) in [5.74, 6) is 1.10. The van der Waals surface area contributed by atoms with Crippen LogP contribution in [-0.2, 0) is 0 Å². The van der Waals surface area contributed by atoms with Crippen LogP contribution in [0.1, 0.15) is 12.8 Å². The lowest BCUT2D eigenvalue weighted by Crippen LogP contribution is -1.89. The van der Waals surface area contributed by atoms with E-state index in [1.807, 2.05) is 0 Å². The molecular weight excluding hydrogens is 74.1 g/mol. The molecule has 1 N–H and O–H groups in total. The van der Waals surface area contributed by atoms with Gasteiger partial charge in [-0.3, -0.25) is 0 Å². The van der Waals surface area contributed by atoms with E-state index in [0.717, 1.165) is 12.0 Å². The summed E-state index contributed by atoms with van der Waals surface area (Å²) in [5.41, 5.74) is 0. The average Bonchev–Trinajstić information content (AvgIpc) is 2.26. The first-order valence-corrected chi connectivity index (χ1v) is 2.70. The van der Waals surface area contributed by atoms with Gasteiger partial charge in [0.05, 0.1) is 0 Å². The maximum absolute atomic E-state index is 3.30. The Labute approximate surface area is 37.7 Å². The Kier molecular flexibility index (Phi) is 0.396. The maximum Gasteiger partial charge on any atom is 0.0221 e. The van der Waals surface area contributed by atoms with Crippen LogP contribution in [-0.4, -0.2) is 12.6 Å². The quantitative estimate of drug-likeness (QED) is 0.454. The van der Waals surface area contributed by atoms with Gasteiger partial charge in [-0.05, 0) is 18.8 Å². The van der Waals surface area contributed by atoms with Crippen LogP contribution < -0.4 is 5.32 Å². The van der Waals surface area contributed by atoms with Crippen LogP contribution in [0.15, 0.2) is 0 Å². The molecule has 1 heterocycles. The molecule has 1 saturated carbocycles. The fraction of sp³-hybridized carbons (Fsp3) is 1.00. The lowest BCUT2D eigenvalue weighted by molar-refractivity contribution is 0.808. The normalized spacial score (nSPS) is 43.0. The van der Waals surface area contributed by atoms with Gasteiger partial charge in [-0.1, -0.05) is 0 Å². The van der Waals surface area contributed by atoms with Gasteiger partial charge in [0.15, 0.2) is 0 Å². The fourth-order valence-electron chi connectivity index (χ4n) is 0.900. The first-order valence-electron chi connectivity index (χ1n) is 2.70. The molecule has 0 aromatic rings. The van der Waals surface area contributed by atoms with Crippen molar-refractivity contribution in [1.82, 2.24) is 5.32 Å². The SMILES string of the molecule is C1CC1[C@@H]1CN1. The summed E-state index contributed by atoms with van der Waals surface area (Å²) >= 11 is 0. The van der Waals surface area contributed by atoms with Gasteiger partial charge in [0.1, 0.15) is 0 Å². The summed E-state index contributed by atoms with van der Waals surface area (Å²) in [6.45, 7) is 1.31. The molecule has 6 heavy (non-hydrogen) atoms. The van der Waals surface area contributed by atoms with E-state index in [2.05, 4.69) is 5.32 Å². The van der Waals surface area contributed by atoms with Crippen molar-refractivity contribution in [3.63, 3.8) is 0 Å². The third-order valence-electron chi connectivity index (χ3n) is 1.63. The Morgan fingerprint density at radius 2 is 2.00 bits per heavy atom. The molecule has 0 amide bonds. The highest BCUT2D eigenvalue weighted by Gasteiger charge is 2.37. The fourth-order valence-corrected chi connectivity index (χ4v) is 0.900. The maximum atomic E-state index is 3.30. The second-order valence-corrected chi connectivity index (χ2v) is 2.35. The van der Waals surface area contributed by atoms with Gasteiger partial charge in [-0.15, -0.1) is 0 Å². The summed E-state index contributed by atoms with van der Waals surface area (Å²) < 4.78 is 0. The van der Waals surface area contributed by atoms with Crippen molar-refractivity contribution in [3.8, 4) is 0 Å². The zero-order valence-corrected chi connectivity index (χ0v) is 3.78. The lowest BCUT2D eigenvalue weighted by Gasteiger charge is -1.76. The third kappa shape index (κ3) is 0.350. The summed E-state index contributed by atoms with van der Waals surface area (Å²) in [7, 11) is 0. The van der Waals surface area contributed by atoms with Gasteiger partial charge >= 0.3 is 0 Å². The molecule has 2 aliphatic rings. The molecule has 1 saturated heterocycles. The van der Waals surface area contributed by atoms with Crippen LogP contribution in [0.5, 0.6) is 0 Å². The highest BCUT2D eigenvalue weighted by atomic mass is 15.1. The van der Waals surface area contributed by atoms with Crippen LogP contribution in [0.4, 0.5) is 0 Å². The van der Waals surface area contributed by atoms with Crippen molar-refractivity contribution in [2.24, 2.45) is 5.92 Å². The Balaban J connectivity index is 1.92. The minimum Gasteiger partial charge on any atom is -0.311 e. The largest absolute Gasteiger partial charge is 0.311 e. The predicted molar refractivity (Wildman–Crippen MR) is 24.5 cm³/mol. The van der Waals surface area contributed by atoms with Crippen molar-refractivity contribution in [2.45, 2.75) is 18.9 Å². The molecule has 0 bridgehead atoms. The van der Waals surface area contributed by atoms with Gasteiger partial charge < -0.3 is 5.32 Å². The smallest absolute Gasteiger partial charge is 0.0221 e. The number of rotatable bonds is 1. The molecule has 1 atom stereocenters. The highest BCUT2D eigenvalue weighted by Crippen LogP contribution is 2.35. The van der Waals surface area contributed by atoms with Crippen LogP contribution in [0.2, 0.25) is 0 Å². The molecule has 2 rings (SSSR count). The van der Waals surface area contributed by atoms with E-state index in [1.165, 1.54) is 19.4 Å². The number of hydrogen-bond acceptors (Lipinski definition) is 1. The van der Waals surface area contributed by atoms with E-state index in [4.69, 9.17) is 0 Å². The Morgan fingerprint density at radius 1 is 1.33 bits per heavy atom. The van der Waals surface area contributed by atoms with Gasteiger partial charge in [0, 0.05) is 12.6 Å². The molecule has 34 valence electrons. The Bertz CT molecular complexity index is 52.3. The molecule has 0 aromatic carbocycles. The molecule has 1 heteroatoms. The van der Waals surface area contributed by atoms with Gasteiger partial charge in [-0.2, -0.15) is 0 Å². The molecule has 0 spiro atoms. The predicted octanol–water partition coefficient (Wildman–Crippen LogP) is 0.368.